The zero-order valence-corrected chi connectivity index (χ0v) is 16.3. The Kier molecular flexibility index (Phi) is 6.60. The molecule has 1 aliphatic rings. The number of ether oxygens (including phenoxy) is 1. The highest BCUT2D eigenvalue weighted by Crippen LogP contribution is 2.34. The van der Waals surface area contributed by atoms with Crippen LogP contribution in [-0.4, -0.2) is 42.2 Å². The third kappa shape index (κ3) is 5.29. The molecule has 3 rings (SSSR count). The molecular weight excluding hydrogens is 403 g/mol. The van der Waals surface area contributed by atoms with Crippen LogP contribution in [0.5, 0.6) is 0 Å². The summed E-state index contributed by atoms with van der Waals surface area (Å²) in [5.41, 5.74) is 3.91. The molecule has 0 atom stereocenters. The van der Waals surface area contributed by atoms with E-state index in [-0.39, 0.29) is 24.1 Å². The minimum absolute atomic E-state index is 0.0936. The number of nitrogens with zero attached hydrogens (tertiary/aromatic N) is 2. The van der Waals surface area contributed by atoms with Gasteiger partial charge in [-0.3, -0.25) is 25.4 Å². The lowest BCUT2D eigenvalue weighted by Crippen LogP contribution is -2.38. The van der Waals surface area contributed by atoms with E-state index in [0.717, 1.165) is 6.07 Å². The number of aromatic nitrogens is 2. The molecule has 0 radical (unpaired) electrons. The standard InChI is InChI=1S/C19H22F3N5O3/c1-12-13(17(29)24-18(23-12)27-8-10-30-11-9-27)6-7-16(28)26-25-15-5-3-2-4-14(15)19(20,21)22/h2-5,25H,6-11H2,1H3,(H,26,28)(H,23,24,29). The number of hydrogen-bond acceptors (Lipinski definition) is 6. The van der Waals surface area contributed by atoms with E-state index in [2.05, 4.69) is 20.8 Å². The minimum atomic E-state index is -4.55. The molecule has 1 aliphatic heterocycles. The average Bonchev–Trinajstić information content (AvgIpc) is 2.71. The third-order valence-electron chi connectivity index (χ3n) is 4.69. The second kappa shape index (κ2) is 9.16. The van der Waals surface area contributed by atoms with E-state index in [1.54, 1.807) is 6.92 Å². The number of anilines is 2. The van der Waals surface area contributed by atoms with Crippen LogP contribution >= 0.6 is 0 Å². The van der Waals surface area contributed by atoms with Gasteiger partial charge < -0.3 is 9.64 Å². The first kappa shape index (κ1) is 21.6. The lowest BCUT2D eigenvalue weighted by Gasteiger charge is -2.27. The number of para-hydroxylation sites is 1. The number of alkyl halides is 3. The maximum Gasteiger partial charge on any atom is 0.418 e. The molecule has 30 heavy (non-hydrogen) atoms. The van der Waals surface area contributed by atoms with Crippen LogP contribution in [-0.2, 0) is 22.1 Å². The quantitative estimate of drug-likeness (QED) is 0.613. The van der Waals surface area contributed by atoms with Gasteiger partial charge >= 0.3 is 6.18 Å². The number of H-pyrrole nitrogens is 1. The molecule has 1 aromatic carbocycles. The Morgan fingerprint density at radius 3 is 2.63 bits per heavy atom. The number of halogens is 3. The van der Waals surface area contributed by atoms with Crippen LogP contribution in [0.15, 0.2) is 29.1 Å². The molecule has 8 nitrogen and oxygen atoms in total. The van der Waals surface area contributed by atoms with Crippen LogP contribution in [0.1, 0.15) is 23.2 Å². The van der Waals surface area contributed by atoms with E-state index in [9.17, 15) is 22.8 Å². The van der Waals surface area contributed by atoms with Gasteiger partial charge in [0.05, 0.1) is 24.5 Å². The Bertz CT molecular complexity index is 955. The lowest BCUT2D eigenvalue weighted by atomic mass is 10.1. The number of aromatic amines is 1. The van der Waals surface area contributed by atoms with Crippen LogP contribution in [0.2, 0.25) is 0 Å². The van der Waals surface area contributed by atoms with Gasteiger partial charge in [0.2, 0.25) is 11.9 Å². The molecule has 0 saturated carbocycles. The molecule has 0 spiro atoms. The summed E-state index contributed by atoms with van der Waals surface area (Å²) >= 11 is 0. The second-order valence-corrected chi connectivity index (χ2v) is 6.77. The highest BCUT2D eigenvalue weighted by atomic mass is 19.4. The molecular formula is C19H22F3N5O3. The zero-order chi connectivity index (χ0) is 21.7. The van der Waals surface area contributed by atoms with Crippen LogP contribution < -0.4 is 21.3 Å². The Hall–Kier alpha value is -3.08. The maximum absolute atomic E-state index is 13.0. The minimum Gasteiger partial charge on any atom is -0.378 e. The Morgan fingerprint density at radius 1 is 1.27 bits per heavy atom. The van der Waals surface area contributed by atoms with Crippen molar-refractivity contribution in [3.05, 3.63) is 51.4 Å². The molecule has 2 aromatic rings. The number of benzene rings is 1. The van der Waals surface area contributed by atoms with E-state index in [4.69, 9.17) is 4.74 Å². The Balaban J connectivity index is 1.59. The van der Waals surface area contributed by atoms with Crippen molar-refractivity contribution in [2.75, 3.05) is 36.6 Å². The number of rotatable bonds is 6. The summed E-state index contributed by atoms with van der Waals surface area (Å²) < 4.78 is 44.2. The first-order chi connectivity index (χ1) is 14.3. The maximum atomic E-state index is 13.0. The fourth-order valence-corrected chi connectivity index (χ4v) is 3.09. The molecule has 1 saturated heterocycles. The lowest BCUT2D eigenvalue weighted by molar-refractivity contribution is -0.137. The number of carbonyl (C=O) groups is 1. The summed E-state index contributed by atoms with van der Waals surface area (Å²) in [5, 5.41) is 0. The number of carbonyl (C=O) groups excluding carboxylic acids is 1. The number of hydrazine groups is 1. The van der Waals surface area contributed by atoms with Gasteiger partial charge in [-0.1, -0.05) is 12.1 Å². The van der Waals surface area contributed by atoms with Gasteiger partial charge in [-0.15, -0.1) is 0 Å². The van der Waals surface area contributed by atoms with Crippen molar-refractivity contribution in [2.45, 2.75) is 25.9 Å². The van der Waals surface area contributed by atoms with Gasteiger partial charge in [-0.2, -0.15) is 13.2 Å². The largest absolute Gasteiger partial charge is 0.418 e. The van der Waals surface area contributed by atoms with E-state index in [1.165, 1.54) is 18.2 Å². The molecule has 1 amide bonds. The molecule has 162 valence electrons. The van der Waals surface area contributed by atoms with E-state index in [0.29, 0.717) is 43.5 Å². The molecule has 1 aromatic heterocycles. The van der Waals surface area contributed by atoms with Gasteiger partial charge in [0.1, 0.15) is 0 Å². The topological polar surface area (TPSA) is 99.4 Å². The molecule has 11 heteroatoms. The Morgan fingerprint density at radius 2 is 1.97 bits per heavy atom. The number of aryl methyl sites for hydroxylation is 1. The summed E-state index contributed by atoms with van der Waals surface area (Å²) in [4.78, 5) is 33.5. The van der Waals surface area contributed by atoms with Gasteiger partial charge in [-0.25, -0.2) is 4.98 Å². The molecule has 0 bridgehead atoms. The summed E-state index contributed by atoms with van der Waals surface area (Å²) in [6, 6.07) is 4.82. The highest BCUT2D eigenvalue weighted by molar-refractivity contribution is 5.78. The number of hydrogen-bond donors (Lipinski definition) is 3. The predicted octanol–water partition coefficient (Wildman–Crippen LogP) is 2.01. The van der Waals surface area contributed by atoms with Crippen molar-refractivity contribution in [1.82, 2.24) is 15.4 Å². The molecule has 1 fully saturated rings. The average molecular weight is 425 g/mol. The fourth-order valence-electron chi connectivity index (χ4n) is 3.09. The van der Waals surface area contributed by atoms with Crippen molar-refractivity contribution in [3.8, 4) is 0 Å². The first-order valence-electron chi connectivity index (χ1n) is 9.39. The van der Waals surface area contributed by atoms with Gasteiger partial charge in [0, 0.05) is 30.8 Å². The molecule has 2 heterocycles. The predicted molar refractivity (Wildman–Crippen MR) is 104 cm³/mol. The second-order valence-electron chi connectivity index (χ2n) is 6.77. The van der Waals surface area contributed by atoms with Crippen molar-refractivity contribution >= 4 is 17.5 Å². The smallest absolute Gasteiger partial charge is 0.378 e. The number of amides is 1. The monoisotopic (exact) mass is 425 g/mol. The molecule has 0 aliphatic carbocycles. The summed E-state index contributed by atoms with van der Waals surface area (Å²) in [6.45, 7) is 4.03. The molecule has 0 unspecified atom stereocenters. The number of nitrogens with one attached hydrogen (secondary N) is 3. The third-order valence-corrected chi connectivity index (χ3v) is 4.69. The van der Waals surface area contributed by atoms with Crippen molar-refractivity contribution in [1.29, 1.82) is 0 Å². The summed E-state index contributed by atoms with van der Waals surface area (Å²) in [6.07, 6.45) is -4.54. The SMILES string of the molecule is Cc1nc(N2CCOCC2)[nH]c(=O)c1CCC(=O)NNc1ccccc1C(F)(F)F. The van der Waals surface area contributed by atoms with Gasteiger partial charge in [0.15, 0.2) is 0 Å². The summed E-state index contributed by atoms with van der Waals surface area (Å²) in [7, 11) is 0. The van der Waals surface area contributed by atoms with Gasteiger partial charge in [-0.05, 0) is 25.5 Å². The van der Waals surface area contributed by atoms with E-state index >= 15 is 0 Å². The van der Waals surface area contributed by atoms with Crippen LogP contribution in [0.25, 0.3) is 0 Å². The zero-order valence-electron chi connectivity index (χ0n) is 16.3. The molecule has 3 N–H and O–H groups in total. The van der Waals surface area contributed by atoms with Crippen LogP contribution in [0.4, 0.5) is 24.8 Å². The fraction of sp³-hybridized carbons (Fsp3) is 0.421. The first-order valence-corrected chi connectivity index (χ1v) is 9.39. The van der Waals surface area contributed by atoms with E-state index in [1.807, 2.05) is 4.90 Å². The normalized spacial score (nSPS) is 14.5. The Labute approximate surface area is 170 Å². The van der Waals surface area contributed by atoms with Crippen molar-refractivity contribution in [2.24, 2.45) is 0 Å². The van der Waals surface area contributed by atoms with Crippen LogP contribution in [0.3, 0.4) is 0 Å². The van der Waals surface area contributed by atoms with Crippen molar-refractivity contribution < 1.29 is 22.7 Å². The van der Waals surface area contributed by atoms with Crippen molar-refractivity contribution in [3.63, 3.8) is 0 Å². The van der Waals surface area contributed by atoms with Gasteiger partial charge in [0.25, 0.3) is 5.56 Å². The summed E-state index contributed by atoms with van der Waals surface area (Å²) in [5.74, 6) is -0.0949. The highest BCUT2D eigenvalue weighted by Gasteiger charge is 2.33. The van der Waals surface area contributed by atoms with E-state index < -0.39 is 17.6 Å². The number of morpholine rings is 1. The van der Waals surface area contributed by atoms with Crippen LogP contribution in [0, 0.1) is 6.92 Å².